The van der Waals surface area contributed by atoms with Gasteiger partial charge in [0.2, 0.25) is 0 Å². The van der Waals surface area contributed by atoms with Crippen molar-refractivity contribution >= 4 is 0 Å². The molecule has 0 spiro atoms. The highest BCUT2D eigenvalue weighted by Gasteiger charge is 2.13. The lowest BCUT2D eigenvalue weighted by Crippen LogP contribution is -1.99. The normalized spacial score (nSPS) is 13.0. The van der Waals surface area contributed by atoms with Crippen molar-refractivity contribution in [1.82, 2.24) is 0 Å². The lowest BCUT2D eigenvalue weighted by Gasteiger charge is -2.04. The number of rotatable bonds is 3. The summed E-state index contributed by atoms with van der Waals surface area (Å²) in [6, 6.07) is 7.25. The van der Waals surface area contributed by atoms with Crippen LogP contribution >= 0.6 is 0 Å². The van der Waals surface area contributed by atoms with Crippen molar-refractivity contribution in [1.29, 1.82) is 0 Å². The molecule has 0 aliphatic rings. The van der Waals surface area contributed by atoms with Gasteiger partial charge < -0.3 is 13.9 Å². The average Bonchev–Trinajstić information content (AvgIpc) is 2.75. The maximum absolute atomic E-state index is 9.75. The van der Waals surface area contributed by atoms with Gasteiger partial charge in [-0.3, -0.25) is 0 Å². The summed E-state index contributed by atoms with van der Waals surface area (Å²) < 4.78 is 10.4. The maximum atomic E-state index is 9.75. The minimum atomic E-state index is -0.630. The summed E-state index contributed by atoms with van der Waals surface area (Å²) in [5, 5.41) is 9.75. The van der Waals surface area contributed by atoms with Gasteiger partial charge in [-0.15, -0.1) is 0 Å². The van der Waals surface area contributed by atoms with Crippen LogP contribution in [-0.2, 0) is 6.42 Å². The Morgan fingerprint density at radius 2 is 2.21 bits per heavy atom. The van der Waals surface area contributed by atoms with Crippen LogP contribution in [0.2, 0.25) is 0 Å². The van der Waals surface area contributed by atoms with Crippen LogP contribution in [0.3, 0.4) is 0 Å². The van der Waals surface area contributed by atoms with E-state index in [1.165, 1.54) is 0 Å². The first-order valence-electron chi connectivity index (χ1n) is 4.52. The molecule has 0 radical (unpaired) electrons. The molecule has 74 valence electrons. The molecule has 0 bridgehead atoms. The molecule has 3 nitrogen and oxygen atoms in total. The predicted molar refractivity (Wildman–Crippen MR) is 50.8 cm³/mol. The van der Waals surface area contributed by atoms with E-state index in [9.17, 15) is 5.11 Å². The maximum Gasteiger partial charge on any atom is 0.133 e. The van der Waals surface area contributed by atoms with Gasteiger partial charge in [0.25, 0.3) is 0 Å². The van der Waals surface area contributed by atoms with Gasteiger partial charge in [-0.25, -0.2) is 0 Å². The SMILES string of the molecule is Cc1ccc(C(O)Cc2ccco2)o1. The van der Waals surface area contributed by atoms with E-state index >= 15 is 0 Å². The van der Waals surface area contributed by atoms with Crippen molar-refractivity contribution in [3.8, 4) is 0 Å². The fraction of sp³-hybridized carbons (Fsp3) is 0.273. The van der Waals surface area contributed by atoms with E-state index in [-0.39, 0.29) is 0 Å². The second-order valence-corrected chi connectivity index (χ2v) is 3.25. The van der Waals surface area contributed by atoms with Crippen molar-refractivity contribution in [3.63, 3.8) is 0 Å². The zero-order valence-electron chi connectivity index (χ0n) is 7.93. The second-order valence-electron chi connectivity index (χ2n) is 3.25. The molecule has 0 aromatic carbocycles. The molecule has 0 aliphatic heterocycles. The highest BCUT2D eigenvalue weighted by Crippen LogP contribution is 2.20. The van der Waals surface area contributed by atoms with Crippen molar-refractivity contribution in [3.05, 3.63) is 47.8 Å². The van der Waals surface area contributed by atoms with Gasteiger partial charge in [-0.1, -0.05) is 0 Å². The minimum absolute atomic E-state index is 0.444. The van der Waals surface area contributed by atoms with Crippen molar-refractivity contribution in [2.75, 3.05) is 0 Å². The van der Waals surface area contributed by atoms with Crippen LogP contribution in [0.25, 0.3) is 0 Å². The van der Waals surface area contributed by atoms with Gasteiger partial charge in [-0.05, 0) is 31.2 Å². The number of aryl methyl sites for hydroxylation is 1. The summed E-state index contributed by atoms with van der Waals surface area (Å²) in [7, 11) is 0. The standard InChI is InChI=1S/C11H12O3/c1-8-4-5-11(14-8)10(12)7-9-3-2-6-13-9/h2-6,10,12H,7H2,1H3. The highest BCUT2D eigenvalue weighted by atomic mass is 16.4. The van der Waals surface area contributed by atoms with Crippen LogP contribution in [0.4, 0.5) is 0 Å². The zero-order chi connectivity index (χ0) is 9.97. The van der Waals surface area contributed by atoms with Crippen molar-refractivity contribution in [2.45, 2.75) is 19.4 Å². The summed E-state index contributed by atoms with van der Waals surface area (Å²) in [5.74, 6) is 2.14. The monoisotopic (exact) mass is 192 g/mol. The molecule has 1 atom stereocenters. The Labute approximate surface area is 82.0 Å². The van der Waals surface area contributed by atoms with Crippen LogP contribution in [-0.4, -0.2) is 5.11 Å². The largest absolute Gasteiger partial charge is 0.469 e. The van der Waals surface area contributed by atoms with Gasteiger partial charge in [0.1, 0.15) is 23.4 Å². The smallest absolute Gasteiger partial charge is 0.133 e. The van der Waals surface area contributed by atoms with Crippen LogP contribution in [0, 0.1) is 6.92 Å². The molecule has 1 N–H and O–H groups in total. The van der Waals surface area contributed by atoms with E-state index in [1.807, 2.05) is 19.1 Å². The van der Waals surface area contributed by atoms with E-state index < -0.39 is 6.10 Å². The first kappa shape index (κ1) is 9.09. The van der Waals surface area contributed by atoms with Crippen LogP contribution in [0.5, 0.6) is 0 Å². The Kier molecular flexibility index (Phi) is 2.41. The molecule has 2 aromatic heterocycles. The molecular formula is C11H12O3. The van der Waals surface area contributed by atoms with Gasteiger partial charge in [-0.2, -0.15) is 0 Å². The van der Waals surface area contributed by atoms with Crippen LogP contribution in [0.15, 0.2) is 39.4 Å². The number of hydrogen-bond acceptors (Lipinski definition) is 3. The molecule has 2 heterocycles. The summed E-state index contributed by atoms with van der Waals surface area (Å²) >= 11 is 0. The molecule has 14 heavy (non-hydrogen) atoms. The Balaban J connectivity index is 2.06. The van der Waals surface area contributed by atoms with E-state index in [0.717, 1.165) is 11.5 Å². The van der Waals surface area contributed by atoms with Gasteiger partial charge >= 0.3 is 0 Å². The third-order valence-corrected chi connectivity index (χ3v) is 2.06. The molecule has 2 aromatic rings. The van der Waals surface area contributed by atoms with E-state index in [1.54, 1.807) is 18.4 Å². The molecule has 0 saturated heterocycles. The topological polar surface area (TPSA) is 46.5 Å². The summed E-state index contributed by atoms with van der Waals surface area (Å²) in [4.78, 5) is 0. The lowest BCUT2D eigenvalue weighted by molar-refractivity contribution is 0.142. The second kappa shape index (κ2) is 3.72. The molecule has 0 aliphatic carbocycles. The summed E-state index contributed by atoms with van der Waals surface area (Å²) in [6.45, 7) is 1.85. The summed E-state index contributed by atoms with van der Waals surface area (Å²) in [6.07, 6.45) is 1.41. The van der Waals surface area contributed by atoms with Gasteiger partial charge in [0.05, 0.1) is 6.26 Å². The number of aliphatic hydroxyl groups is 1. The third-order valence-electron chi connectivity index (χ3n) is 2.06. The molecular weight excluding hydrogens is 180 g/mol. The number of aliphatic hydroxyl groups excluding tert-OH is 1. The van der Waals surface area contributed by atoms with Crippen LogP contribution in [0.1, 0.15) is 23.4 Å². The molecule has 0 fully saturated rings. The zero-order valence-corrected chi connectivity index (χ0v) is 7.93. The first-order chi connectivity index (χ1) is 6.75. The Bertz CT molecular complexity index is 386. The van der Waals surface area contributed by atoms with E-state index in [4.69, 9.17) is 8.83 Å². The highest BCUT2D eigenvalue weighted by molar-refractivity contribution is 5.10. The molecule has 0 saturated carbocycles. The Morgan fingerprint density at radius 1 is 1.36 bits per heavy atom. The molecule has 0 amide bonds. The van der Waals surface area contributed by atoms with Crippen molar-refractivity contribution < 1.29 is 13.9 Å². The molecule has 3 heteroatoms. The molecule has 2 rings (SSSR count). The summed E-state index contributed by atoms with van der Waals surface area (Å²) in [5.41, 5.74) is 0. The quantitative estimate of drug-likeness (QED) is 0.812. The van der Waals surface area contributed by atoms with Gasteiger partial charge in [0, 0.05) is 6.42 Å². The fourth-order valence-electron chi connectivity index (χ4n) is 1.35. The predicted octanol–water partition coefficient (Wildman–Crippen LogP) is 2.46. The number of furan rings is 2. The number of hydrogen-bond donors (Lipinski definition) is 1. The van der Waals surface area contributed by atoms with Crippen molar-refractivity contribution in [2.24, 2.45) is 0 Å². The lowest BCUT2D eigenvalue weighted by atomic mass is 10.2. The van der Waals surface area contributed by atoms with E-state index in [2.05, 4.69) is 0 Å². The van der Waals surface area contributed by atoms with Crippen LogP contribution < -0.4 is 0 Å². The Morgan fingerprint density at radius 3 is 2.79 bits per heavy atom. The molecule has 1 unspecified atom stereocenters. The van der Waals surface area contributed by atoms with E-state index in [0.29, 0.717) is 12.2 Å². The first-order valence-corrected chi connectivity index (χ1v) is 4.52. The Hall–Kier alpha value is -1.48. The van der Waals surface area contributed by atoms with Gasteiger partial charge in [0.15, 0.2) is 0 Å². The minimum Gasteiger partial charge on any atom is -0.469 e. The fourth-order valence-corrected chi connectivity index (χ4v) is 1.35. The average molecular weight is 192 g/mol. The third kappa shape index (κ3) is 1.88.